The third-order valence-electron chi connectivity index (χ3n) is 7.87. The molecule has 3 aliphatic rings. The highest BCUT2D eigenvalue weighted by atomic mass is 16.1. The maximum atomic E-state index is 11.2. The van der Waals surface area contributed by atoms with Gasteiger partial charge in [0.25, 0.3) is 0 Å². The van der Waals surface area contributed by atoms with Crippen molar-refractivity contribution in [2.24, 2.45) is 28.6 Å². The fourth-order valence-electron chi connectivity index (χ4n) is 6.19. The van der Waals surface area contributed by atoms with E-state index >= 15 is 0 Å². The van der Waals surface area contributed by atoms with Gasteiger partial charge in [-0.15, -0.1) is 0 Å². The zero-order valence-corrected chi connectivity index (χ0v) is 15.3. The number of aldehydes is 1. The molecule has 128 valence electrons. The molecule has 2 fully saturated rings. The van der Waals surface area contributed by atoms with Gasteiger partial charge in [-0.2, -0.15) is 0 Å². The Bertz CT molecular complexity index is 534. The van der Waals surface area contributed by atoms with Crippen LogP contribution in [0.25, 0.3) is 0 Å². The molecule has 3 aliphatic carbocycles. The minimum Gasteiger partial charge on any atom is -0.320 e. The topological polar surface area (TPSA) is 29.1 Å². The van der Waals surface area contributed by atoms with Crippen molar-refractivity contribution in [3.63, 3.8) is 0 Å². The molecule has 0 amide bonds. The molecule has 3 rings (SSSR count). The van der Waals surface area contributed by atoms with E-state index < -0.39 is 0 Å². The lowest BCUT2D eigenvalue weighted by atomic mass is 9.48. The maximum Gasteiger partial charge on any atom is 0.142 e. The van der Waals surface area contributed by atoms with Crippen LogP contribution in [-0.4, -0.2) is 19.9 Å². The molecule has 0 heterocycles. The predicted molar refractivity (Wildman–Crippen MR) is 96.2 cm³/mol. The second kappa shape index (κ2) is 6.20. The minimum atomic E-state index is 0.199. The molecule has 5 unspecified atom stereocenters. The van der Waals surface area contributed by atoms with Crippen LogP contribution in [0.2, 0.25) is 0 Å². The molecule has 2 saturated carbocycles. The van der Waals surface area contributed by atoms with Crippen LogP contribution in [0.1, 0.15) is 59.3 Å². The Balaban J connectivity index is 1.92. The molecule has 0 radical (unpaired) electrons. The van der Waals surface area contributed by atoms with Gasteiger partial charge in [0.15, 0.2) is 0 Å². The largest absolute Gasteiger partial charge is 0.320 e. The van der Waals surface area contributed by atoms with Gasteiger partial charge in [0.1, 0.15) is 6.29 Å². The minimum absolute atomic E-state index is 0.199. The summed E-state index contributed by atoms with van der Waals surface area (Å²) in [6.45, 7) is 8.33. The summed E-state index contributed by atoms with van der Waals surface area (Å²) in [5.41, 5.74) is 3.68. The molecule has 0 saturated heterocycles. The van der Waals surface area contributed by atoms with Crippen molar-refractivity contribution in [3.8, 4) is 0 Å². The highest BCUT2D eigenvalue weighted by Gasteiger charge is 2.55. The molecule has 0 bridgehead atoms. The molecule has 0 spiro atoms. The van der Waals surface area contributed by atoms with E-state index in [9.17, 15) is 4.79 Å². The normalized spacial score (nSPS) is 44.6. The van der Waals surface area contributed by atoms with Crippen molar-refractivity contribution in [2.75, 3.05) is 13.6 Å². The van der Waals surface area contributed by atoms with Crippen molar-refractivity contribution < 1.29 is 4.79 Å². The molecule has 5 atom stereocenters. The van der Waals surface area contributed by atoms with Gasteiger partial charge in [-0.05, 0) is 93.7 Å². The van der Waals surface area contributed by atoms with E-state index in [-0.39, 0.29) is 5.41 Å². The Morgan fingerprint density at radius 3 is 2.78 bits per heavy atom. The molecule has 0 aromatic heterocycles. The molecule has 2 nitrogen and oxygen atoms in total. The average Bonchev–Trinajstić information content (AvgIpc) is 2.84. The van der Waals surface area contributed by atoms with Crippen molar-refractivity contribution in [1.29, 1.82) is 0 Å². The first-order chi connectivity index (χ1) is 11.0. The summed E-state index contributed by atoms with van der Waals surface area (Å²) in [5.74, 6) is 2.40. The highest BCUT2D eigenvalue weighted by Crippen LogP contribution is 2.64. The van der Waals surface area contributed by atoms with Gasteiger partial charge in [0, 0.05) is 0 Å². The van der Waals surface area contributed by atoms with E-state index in [0.29, 0.717) is 5.41 Å². The number of hydrogen-bond donors (Lipinski definition) is 1. The number of fused-ring (bicyclic) bond motifs is 3. The Hall–Kier alpha value is -0.890. The third kappa shape index (κ3) is 2.54. The lowest BCUT2D eigenvalue weighted by molar-refractivity contribution is -0.104. The smallest absolute Gasteiger partial charge is 0.142 e. The highest BCUT2D eigenvalue weighted by molar-refractivity contribution is 5.66. The first-order valence-corrected chi connectivity index (χ1v) is 9.44. The van der Waals surface area contributed by atoms with Crippen molar-refractivity contribution in [2.45, 2.75) is 59.3 Å². The molecule has 2 heteroatoms. The first-order valence-electron chi connectivity index (χ1n) is 9.44. The zero-order valence-electron chi connectivity index (χ0n) is 15.3. The van der Waals surface area contributed by atoms with Crippen LogP contribution in [0, 0.1) is 28.6 Å². The summed E-state index contributed by atoms with van der Waals surface area (Å²) in [6.07, 6.45) is 12.9. The van der Waals surface area contributed by atoms with Gasteiger partial charge in [-0.25, -0.2) is 0 Å². The van der Waals surface area contributed by atoms with Gasteiger partial charge in [0.2, 0.25) is 0 Å². The Morgan fingerprint density at radius 2 is 2.09 bits per heavy atom. The molecule has 1 N–H and O–H groups in total. The van der Waals surface area contributed by atoms with Crippen LogP contribution in [0.5, 0.6) is 0 Å². The number of allylic oxidation sites excluding steroid dienone is 4. The zero-order chi connectivity index (χ0) is 16.7. The van der Waals surface area contributed by atoms with Crippen LogP contribution in [-0.2, 0) is 4.79 Å². The van der Waals surface area contributed by atoms with Gasteiger partial charge < -0.3 is 5.32 Å². The van der Waals surface area contributed by atoms with Crippen molar-refractivity contribution in [3.05, 3.63) is 23.3 Å². The number of carbonyl (C=O) groups excluding carboxylic acids is 1. The molecule has 0 aromatic carbocycles. The van der Waals surface area contributed by atoms with E-state index in [1.807, 2.05) is 13.1 Å². The lowest BCUT2D eigenvalue weighted by Gasteiger charge is -2.57. The van der Waals surface area contributed by atoms with E-state index in [2.05, 4.69) is 32.2 Å². The second-order valence-electron chi connectivity index (χ2n) is 8.59. The first kappa shape index (κ1) is 17.0. The Labute approximate surface area is 141 Å². The van der Waals surface area contributed by atoms with Gasteiger partial charge >= 0.3 is 0 Å². The molecule has 23 heavy (non-hydrogen) atoms. The third-order valence-corrected chi connectivity index (χ3v) is 7.87. The number of nitrogens with one attached hydrogen (secondary N) is 1. The van der Waals surface area contributed by atoms with E-state index in [0.717, 1.165) is 43.4 Å². The van der Waals surface area contributed by atoms with Crippen LogP contribution < -0.4 is 5.32 Å². The number of carbonyl (C=O) groups is 1. The monoisotopic (exact) mass is 315 g/mol. The summed E-state index contributed by atoms with van der Waals surface area (Å²) in [7, 11) is 2.04. The van der Waals surface area contributed by atoms with Gasteiger partial charge in [-0.1, -0.05) is 31.1 Å². The van der Waals surface area contributed by atoms with E-state index in [1.165, 1.54) is 31.3 Å². The molecule has 0 aromatic rings. The van der Waals surface area contributed by atoms with E-state index in [4.69, 9.17) is 0 Å². The Morgan fingerprint density at radius 1 is 1.30 bits per heavy atom. The maximum absolute atomic E-state index is 11.2. The Kier molecular flexibility index (Phi) is 4.57. The molecule has 0 aliphatic heterocycles. The van der Waals surface area contributed by atoms with Crippen LogP contribution >= 0.6 is 0 Å². The fourth-order valence-corrected chi connectivity index (χ4v) is 6.19. The van der Waals surface area contributed by atoms with Crippen molar-refractivity contribution >= 4 is 6.29 Å². The van der Waals surface area contributed by atoms with Crippen LogP contribution in [0.4, 0.5) is 0 Å². The van der Waals surface area contributed by atoms with Crippen molar-refractivity contribution in [1.82, 2.24) is 5.32 Å². The van der Waals surface area contributed by atoms with Crippen LogP contribution in [0.3, 0.4) is 0 Å². The summed E-state index contributed by atoms with van der Waals surface area (Å²) >= 11 is 0. The SMILES string of the molecule is CNCCC1(C)/C(=C\C=O)CCC2C3CC=C(C)C3(C)CCC21. The quantitative estimate of drug-likeness (QED) is 0.469. The summed E-state index contributed by atoms with van der Waals surface area (Å²) in [6, 6.07) is 0. The number of rotatable bonds is 4. The summed E-state index contributed by atoms with van der Waals surface area (Å²) in [5, 5.41) is 3.33. The van der Waals surface area contributed by atoms with Crippen LogP contribution in [0.15, 0.2) is 23.3 Å². The van der Waals surface area contributed by atoms with Gasteiger partial charge in [0.05, 0.1) is 0 Å². The summed E-state index contributed by atoms with van der Waals surface area (Å²) < 4.78 is 0. The average molecular weight is 316 g/mol. The molecular formula is C21H33NO. The second-order valence-corrected chi connectivity index (χ2v) is 8.59. The fraction of sp³-hybridized carbons (Fsp3) is 0.762. The lowest BCUT2D eigenvalue weighted by Crippen LogP contribution is -2.49. The van der Waals surface area contributed by atoms with E-state index in [1.54, 1.807) is 5.57 Å². The number of hydrogen-bond acceptors (Lipinski definition) is 2. The summed E-state index contributed by atoms with van der Waals surface area (Å²) in [4.78, 5) is 11.2. The van der Waals surface area contributed by atoms with Gasteiger partial charge in [-0.3, -0.25) is 4.79 Å². The standard InChI is InChI=1S/C21H33NO/c1-15-5-8-18-17-7-6-16(10-14-23)21(3,12-13-22-4)19(17)9-11-20(15,18)2/h5,10,14,17-19,22H,6-9,11-13H2,1-4H3/b16-10-. The predicted octanol–water partition coefficient (Wildman–Crippen LogP) is 4.52. The molecular weight excluding hydrogens is 282 g/mol.